The van der Waals surface area contributed by atoms with Crippen LogP contribution in [-0.2, 0) is 11.3 Å². The summed E-state index contributed by atoms with van der Waals surface area (Å²) >= 11 is 0. The molecule has 0 bridgehead atoms. The average Bonchev–Trinajstić information content (AvgIpc) is 2.43. The maximum atomic E-state index is 11.5. The van der Waals surface area contributed by atoms with Crippen LogP contribution in [0.2, 0.25) is 0 Å². The summed E-state index contributed by atoms with van der Waals surface area (Å²) in [5.41, 5.74) is 7.31. The van der Waals surface area contributed by atoms with Gasteiger partial charge in [0, 0.05) is 18.0 Å². The Labute approximate surface area is 111 Å². The standard InChI is InChI=1S/C14H17N3O2/c1-9(15)14(18)16-8-10-7-13(19-2)17-12-6-4-3-5-11(10)12/h3-7,9H,8,15H2,1-2H3,(H,16,18). The van der Waals surface area contributed by atoms with Crippen LogP contribution in [0.15, 0.2) is 30.3 Å². The topological polar surface area (TPSA) is 77.2 Å². The van der Waals surface area contributed by atoms with Crippen LogP contribution >= 0.6 is 0 Å². The lowest BCUT2D eigenvalue weighted by Gasteiger charge is -2.11. The minimum Gasteiger partial charge on any atom is -0.481 e. The third-order valence-corrected chi connectivity index (χ3v) is 2.85. The first kappa shape index (κ1) is 13.3. The van der Waals surface area contributed by atoms with E-state index >= 15 is 0 Å². The van der Waals surface area contributed by atoms with Crippen molar-refractivity contribution in [3.05, 3.63) is 35.9 Å². The molecule has 3 N–H and O–H groups in total. The van der Waals surface area contributed by atoms with Crippen LogP contribution in [0.1, 0.15) is 12.5 Å². The predicted molar refractivity (Wildman–Crippen MR) is 73.8 cm³/mol. The minimum atomic E-state index is -0.519. The van der Waals surface area contributed by atoms with Gasteiger partial charge in [0.1, 0.15) is 0 Å². The van der Waals surface area contributed by atoms with E-state index in [1.165, 1.54) is 0 Å². The summed E-state index contributed by atoms with van der Waals surface area (Å²) in [6, 6.07) is 9.04. The smallest absolute Gasteiger partial charge is 0.236 e. The maximum Gasteiger partial charge on any atom is 0.236 e. The Balaban J connectivity index is 2.32. The van der Waals surface area contributed by atoms with E-state index in [2.05, 4.69) is 10.3 Å². The molecule has 1 atom stereocenters. The molecule has 0 saturated heterocycles. The number of para-hydroxylation sites is 1. The molecule has 0 radical (unpaired) electrons. The normalized spacial score (nSPS) is 12.2. The van der Waals surface area contributed by atoms with E-state index in [1.54, 1.807) is 14.0 Å². The number of ether oxygens (including phenoxy) is 1. The van der Waals surface area contributed by atoms with Gasteiger partial charge in [-0.1, -0.05) is 18.2 Å². The molecule has 0 spiro atoms. The fraction of sp³-hybridized carbons (Fsp3) is 0.286. The van der Waals surface area contributed by atoms with Gasteiger partial charge >= 0.3 is 0 Å². The Kier molecular flexibility index (Phi) is 3.97. The van der Waals surface area contributed by atoms with Gasteiger partial charge in [-0.05, 0) is 18.6 Å². The van der Waals surface area contributed by atoms with Crippen molar-refractivity contribution in [3.63, 3.8) is 0 Å². The number of rotatable bonds is 4. The quantitative estimate of drug-likeness (QED) is 0.865. The maximum absolute atomic E-state index is 11.5. The highest BCUT2D eigenvalue weighted by Gasteiger charge is 2.09. The number of methoxy groups -OCH3 is 1. The molecule has 1 unspecified atom stereocenters. The highest BCUT2D eigenvalue weighted by Crippen LogP contribution is 2.21. The molecule has 1 aromatic heterocycles. The number of hydrogen-bond donors (Lipinski definition) is 2. The van der Waals surface area contributed by atoms with Crippen molar-refractivity contribution in [2.45, 2.75) is 19.5 Å². The van der Waals surface area contributed by atoms with Crippen molar-refractivity contribution in [1.82, 2.24) is 10.3 Å². The van der Waals surface area contributed by atoms with Crippen LogP contribution < -0.4 is 15.8 Å². The van der Waals surface area contributed by atoms with Gasteiger partial charge in [0.25, 0.3) is 0 Å². The molecule has 0 saturated carbocycles. The Hall–Kier alpha value is -2.14. The molecule has 2 rings (SSSR count). The summed E-state index contributed by atoms with van der Waals surface area (Å²) in [5, 5.41) is 3.79. The summed E-state index contributed by atoms with van der Waals surface area (Å²) in [6.45, 7) is 2.06. The molecule has 1 aromatic carbocycles. The number of carbonyl (C=O) groups excluding carboxylic acids is 1. The lowest BCUT2D eigenvalue weighted by atomic mass is 10.1. The molecule has 5 heteroatoms. The lowest BCUT2D eigenvalue weighted by Crippen LogP contribution is -2.37. The van der Waals surface area contributed by atoms with Crippen molar-refractivity contribution in [1.29, 1.82) is 0 Å². The molecular weight excluding hydrogens is 242 g/mol. The van der Waals surface area contributed by atoms with E-state index in [-0.39, 0.29) is 5.91 Å². The first-order chi connectivity index (χ1) is 9.11. The monoisotopic (exact) mass is 259 g/mol. The lowest BCUT2D eigenvalue weighted by molar-refractivity contribution is -0.122. The molecule has 5 nitrogen and oxygen atoms in total. The predicted octanol–water partition coefficient (Wildman–Crippen LogP) is 1.21. The molecule has 0 aliphatic rings. The van der Waals surface area contributed by atoms with Gasteiger partial charge < -0.3 is 15.8 Å². The first-order valence-electron chi connectivity index (χ1n) is 6.07. The number of hydrogen-bond acceptors (Lipinski definition) is 4. The van der Waals surface area contributed by atoms with Crippen molar-refractivity contribution >= 4 is 16.8 Å². The average molecular weight is 259 g/mol. The summed E-state index contributed by atoms with van der Waals surface area (Å²) < 4.78 is 5.17. The number of fused-ring (bicyclic) bond motifs is 1. The molecule has 100 valence electrons. The van der Waals surface area contributed by atoms with Crippen LogP contribution in [0.4, 0.5) is 0 Å². The van der Waals surface area contributed by atoms with Gasteiger partial charge in [-0.3, -0.25) is 4.79 Å². The molecule has 1 heterocycles. The van der Waals surface area contributed by atoms with Crippen molar-refractivity contribution in [3.8, 4) is 5.88 Å². The molecule has 0 fully saturated rings. The number of aromatic nitrogens is 1. The molecule has 0 aliphatic heterocycles. The van der Waals surface area contributed by atoms with E-state index in [0.717, 1.165) is 16.5 Å². The van der Waals surface area contributed by atoms with Crippen LogP contribution in [0, 0.1) is 0 Å². The Morgan fingerprint density at radius 3 is 2.89 bits per heavy atom. The highest BCUT2D eigenvalue weighted by molar-refractivity contribution is 5.84. The van der Waals surface area contributed by atoms with Crippen molar-refractivity contribution in [2.24, 2.45) is 5.73 Å². The summed E-state index contributed by atoms with van der Waals surface area (Å²) in [7, 11) is 1.57. The van der Waals surface area contributed by atoms with E-state index in [9.17, 15) is 4.79 Å². The number of nitrogens with two attached hydrogens (primary N) is 1. The van der Waals surface area contributed by atoms with Gasteiger partial charge in [-0.25, -0.2) is 4.98 Å². The number of pyridine rings is 1. The van der Waals surface area contributed by atoms with Gasteiger partial charge in [-0.15, -0.1) is 0 Å². The Morgan fingerprint density at radius 1 is 1.47 bits per heavy atom. The second kappa shape index (κ2) is 5.67. The summed E-state index contributed by atoms with van der Waals surface area (Å²) in [4.78, 5) is 15.9. The fourth-order valence-electron chi connectivity index (χ4n) is 1.81. The number of amides is 1. The summed E-state index contributed by atoms with van der Waals surface area (Å²) in [6.07, 6.45) is 0. The van der Waals surface area contributed by atoms with E-state index in [0.29, 0.717) is 12.4 Å². The van der Waals surface area contributed by atoms with Gasteiger partial charge in [0.15, 0.2) is 0 Å². The van der Waals surface area contributed by atoms with Crippen LogP contribution in [0.5, 0.6) is 5.88 Å². The van der Waals surface area contributed by atoms with Crippen LogP contribution in [-0.4, -0.2) is 24.0 Å². The van der Waals surface area contributed by atoms with E-state index < -0.39 is 6.04 Å². The minimum absolute atomic E-state index is 0.181. The van der Waals surface area contributed by atoms with Gasteiger partial charge in [0.05, 0.1) is 18.7 Å². The second-order valence-corrected chi connectivity index (χ2v) is 4.35. The zero-order valence-corrected chi connectivity index (χ0v) is 11.0. The van der Waals surface area contributed by atoms with E-state index in [1.807, 2.05) is 30.3 Å². The largest absolute Gasteiger partial charge is 0.481 e. The molecule has 2 aromatic rings. The van der Waals surface area contributed by atoms with Crippen LogP contribution in [0.3, 0.4) is 0 Å². The Morgan fingerprint density at radius 2 is 2.21 bits per heavy atom. The first-order valence-corrected chi connectivity index (χ1v) is 6.07. The highest BCUT2D eigenvalue weighted by atomic mass is 16.5. The van der Waals surface area contributed by atoms with Crippen molar-refractivity contribution in [2.75, 3.05) is 7.11 Å². The SMILES string of the molecule is COc1cc(CNC(=O)C(C)N)c2ccccc2n1. The number of carbonyl (C=O) groups is 1. The van der Waals surface area contributed by atoms with Crippen LogP contribution in [0.25, 0.3) is 10.9 Å². The molecule has 1 amide bonds. The zero-order chi connectivity index (χ0) is 13.8. The van der Waals surface area contributed by atoms with Crippen molar-refractivity contribution < 1.29 is 9.53 Å². The molecular formula is C14H17N3O2. The third kappa shape index (κ3) is 3.00. The zero-order valence-electron chi connectivity index (χ0n) is 11.0. The summed E-state index contributed by atoms with van der Waals surface area (Å²) in [5.74, 6) is 0.351. The van der Waals surface area contributed by atoms with E-state index in [4.69, 9.17) is 10.5 Å². The second-order valence-electron chi connectivity index (χ2n) is 4.35. The Bertz CT molecular complexity index is 596. The van der Waals surface area contributed by atoms with Gasteiger partial charge in [0.2, 0.25) is 11.8 Å². The molecule has 0 aliphatic carbocycles. The van der Waals surface area contributed by atoms with Gasteiger partial charge in [-0.2, -0.15) is 0 Å². The molecule has 19 heavy (non-hydrogen) atoms. The fourth-order valence-corrected chi connectivity index (χ4v) is 1.81. The number of nitrogens with one attached hydrogen (secondary N) is 1. The number of nitrogens with zero attached hydrogens (tertiary/aromatic N) is 1. The third-order valence-electron chi connectivity index (χ3n) is 2.85. The number of benzene rings is 1.